The van der Waals surface area contributed by atoms with E-state index in [0.29, 0.717) is 10.6 Å². The minimum atomic E-state index is -0.972. The lowest BCUT2D eigenvalue weighted by Gasteiger charge is -2.18. The number of rotatable bonds is 3. The molecule has 100 valence electrons. The van der Waals surface area contributed by atoms with Crippen molar-refractivity contribution in [2.45, 2.75) is 6.04 Å². The summed E-state index contributed by atoms with van der Waals surface area (Å²) in [5, 5.41) is 3.24. The summed E-state index contributed by atoms with van der Waals surface area (Å²) in [4.78, 5) is 0. The highest BCUT2D eigenvalue weighted by atomic mass is 35.5. The van der Waals surface area contributed by atoms with Crippen molar-refractivity contribution in [1.29, 1.82) is 0 Å². The zero-order chi connectivity index (χ0) is 14.0. The molecule has 0 amide bonds. The Morgan fingerprint density at radius 3 is 2.26 bits per heavy atom. The highest BCUT2D eigenvalue weighted by Crippen LogP contribution is 2.27. The highest BCUT2D eigenvalue weighted by Gasteiger charge is 2.18. The molecule has 0 aliphatic carbocycles. The molecule has 2 aromatic rings. The molecule has 0 radical (unpaired) electrons. The summed E-state index contributed by atoms with van der Waals surface area (Å²) in [6.07, 6.45) is 0. The monoisotopic (exact) mass is 285 g/mol. The van der Waals surface area contributed by atoms with Gasteiger partial charge in [-0.1, -0.05) is 17.7 Å². The summed E-state index contributed by atoms with van der Waals surface area (Å²) in [5.74, 6) is -2.38. The lowest BCUT2D eigenvalue weighted by atomic mass is 9.98. The van der Waals surface area contributed by atoms with Gasteiger partial charge in [0.15, 0.2) is 11.6 Å². The van der Waals surface area contributed by atoms with E-state index in [0.717, 1.165) is 12.1 Å². The van der Waals surface area contributed by atoms with Gasteiger partial charge in [-0.15, -0.1) is 0 Å². The van der Waals surface area contributed by atoms with E-state index in [1.807, 2.05) is 0 Å². The van der Waals surface area contributed by atoms with Crippen LogP contribution in [0.3, 0.4) is 0 Å². The number of benzene rings is 2. The molecule has 0 aromatic heterocycles. The van der Waals surface area contributed by atoms with E-state index < -0.39 is 23.5 Å². The Morgan fingerprint density at radius 1 is 0.947 bits per heavy atom. The third kappa shape index (κ3) is 2.91. The van der Waals surface area contributed by atoms with Crippen molar-refractivity contribution in [1.82, 2.24) is 5.32 Å². The molecular weight excluding hydrogens is 275 g/mol. The fourth-order valence-corrected chi connectivity index (χ4v) is 2.11. The second kappa shape index (κ2) is 5.63. The molecule has 5 heteroatoms. The molecule has 0 heterocycles. The van der Waals surface area contributed by atoms with E-state index >= 15 is 0 Å². The minimum absolute atomic E-state index is 0.279. The molecule has 2 aromatic carbocycles. The topological polar surface area (TPSA) is 12.0 Å². The largest absolute Gasteiger partial charge is 0.309 e. The fraction of sp³-hybridized carbons (Fsp3) is 0.143. The van der Waals surface area contributed by atoms with Crippen LogP contribution in [0.25, 0.3) is 0 Å². The van der Waals surface area contributed by atoms with Gasteiger partial charge >= 0.3 is 0 Å². The second-order valence-corrected chi connectivity index (χ2v) is 4.50. The standard InChI is InChI=1S/C14H11ClF3N/c1-19-14(8-2-4-12(17)13(18)6-8)10-7-9(15)3-5-11(10)16/h2-7,14,19H,1H3. The van der Waals surface area contributed by atoms with Gasteiger partial charge in [-0.2, -0.15) is 0 Å². The lowest BCUT2D eigenvalue weighted by molar-refractivity contribution is 0.503. The number of halogens is 4. The van der Waals surface area contributed by atoms with E-state index in [2.05, 4.69) is 5.32 Å². The second-order valence-electron chi connectivity index (χ2n) is 4.06. The van der Waals surface area contributed by atoms with E-state index in [1.54, 1.807) is 7.05 Å². The molecule has 19 heavy (non-hydrogen) atoms. The molecule has 0 aliphatic heterocycles. The Labute approximate surface area is 114 Å². The van der Waals surface area contributed by atoms with Gasteiger partial charge in [0.25, 0.3) is 0 Å². The molecule has 0 fully saturated rings. The third-order valence-electron chi connectivity index (χ3n) is 2.83. The van der Waals surface area contributed by atoms with E-state index in [9.17, 15) is 13.2 Å². The molecule has 0 bridgehead atoms. The molecule has 0 aliphatic rings. The van der Waals surface area contributed by atoms with Crippen molar-refractivity contribution < 1.29 is 13.2 Å². The van der Waals surface area contributed by atoms with Crippen LogP contribution in [-0.4, -0.2) is 7.05 Å². The van der Waals surface area contributed by atoms with Gasteiger partial charge in [-0.05, 0) is 42.9 Å². The van der Waals surface area contributed by atoms with Crippen molar-refractivity contribution >= 4 is 11.6 Å². The Kier molecular flexibility index (Phi) is 4.12. The molecule has 1 atom stereocenters. The van der Waals surface area contributed by atoms with Crippen LogP contribution >= 0.6 is 11.6 Å². The first-order chi connectivity index (χ1) is 9.02. The van der Waals surface area contributed by atoms with Gasteiger partial charge in [0, 0.05) is 10.6 Å². The zero-order valence-electron chi connectivity index (χ0n) is 10.1. The van der Waals surface area contributed by atoms with Crippen LogP contribution in [0.4, 0.5) is 13.2 Å². The SMILES string of the molecule is CNC(c1ccc(F)c(F)c1)c1cc(Cl)ccc1F. The number of nitrogens with one attached hydrogen (secondary N) is 1. The van der Waals surface area contributed by atoms with Crippen molar-refractivity contribution in [3.8, 4) is 0 Å². The first kappa shape index (κ1) is 13.9. The van der Waals surface area contributed by atoms with Gasteiger partial charge in [-0.25, -0.2) is 13.2 Å². The van der Waals surface area contributed by atoms with Crippen LogP contribution in [0.15, 0.2) is 36.4 Å². The van der Waals surface area contributed by atoms with Crippen molar-refractivity contribution in [3.63, 3.8) is 0 Å². The zero-order valence-corrected chi connectivity index (χ0v) is 10.8. The summed E-state index contributed by atoms with van der Waals surface area (Å²) in [6.45, 7) is 0. The summed E-state index contributed by atoms with van der Waals surface area (Å²) in [7, 11) is 1.60. The average Bonchev–Trinajstić information content (AvgIpc) is 2.38. The highest BCUT2D eigenvalue weighted by molar-refractivity contribution is 6.30. The Balaban J connectivity index is 2.49. The number of hydrogen-bond donors (Lipinski definition) is 1. The van der Waals surface area contributed by atoms with E-state index in [4.69, 9.17) is 11.6 Å². The van der Waals surface area contributed by atoms with E-state index in [-0.39, 0.29) is 5.56 Å². The molecule has 2 rings (SSSR count). The number of hydrogen-bond acceptors (Lipinski definition) is 1. The van der Waals surface area contributed by atoms with Gasteiger partial charge in [-0.3, -0.25) is 0 Å². The predicted molar refractivity (Wildman–Crippen MR) is 68.7 cm³/mol. The first-order valence-electron chi connectivity index (χ1n) is 5.60. The summed E-state index contributed by atoms with van der Waals surface area (Å²) in [6, 6.07) is 6.97. The molecule has 0 saturated heterocycles. The van der Waals surface area contributed by atoms with Crippen LogP contribution < -0.4 is 5.32 Å². The smallest absolute Gasteiger partial charge is 0.159 e. The Morgan fingerprint density at radius 2 is 1.63 bits per heavy atom. The third-order valence-corrected chi connectivity index (χ3v) is 3.07. The van der Waals surface area contributed by atoms with E-state index in [1.165, 1.54) is 24.3 Å². The Hall–Kier alpha value is -1.52. The van der Waals surface area contributed by atoms with Crippen molar-refractivity contribution in [2.24, 2.45) is 0 Å². The molecule has 1 N–H and O–H groups in total. The molecule has 1 nitrogen and oxygen atoms in total. The normalized spacial score (nSPS) is 12.5. The van der Waals surface area contributed by atoms with Crippen LogP contribution in [0.1, 0.15) is 17.2 Å². The van der Waals surface area contributed by atoms with Crippen molar-refractivity contribution in [3.05, 3.63) is 70.0 Å². The Bertz CT molecular complexity index is 601. The minimum Gasteiger partial charge on any atom is -0.309 e. The maximum absolute atomic E-state index is 13.8. The summed E-state index contributed by atoms with van der Waals surface area (Å²) < 4.78 is 40.0. The van der Waals surface area contributed by atoms with Crippen LogP contribution in [-0.2, 0) is 0 Å². The first-order valence-corrected chi connectivity index (χ1v) is 5.98. The van der Waals surface area contributed by atoms with Gasteiger partial charge in [0.1, 0.15) is 5.82 Å². The maximum atomic E-state index is 13.8. The van der Waals surface area contributed by atoms with Crippen molar-refractivity contribution in [2.75, 3.05) is 7.05 Å². The van der Waals surface area contributed by atoms with Crippen LogP contribution in [0.5, 0.6) is 0 Å². The molecule has 0 spiro atoms. The fourth-order valence-electron chi connectivity index (χ4n) is 1.93. The molecule has 0 saturated carbocycles. The lowest BCUT2D eigenvalue weighted by Crippen LogP contribution is -2.19. The average molecular weight is 286 g/mol. The molecular formula is C14H11ClF3N. The van der Waals surface area contributed by atoms with Crippen LogP contribution in [0, 0.1) is 17.5 Å². The summed E-state index contributed by atoms with van der Waals surface area (Å²) in [5.41, 5.74) is 0.698. The quantitative estimate of drug-likeness (QED) is 0.896. The molecule has 1 unspecified atom stereocenters. The maximum Gasteiger partial charge on any atom is 0.159 e. The van der Waals surface area contributed by atoms with Gasteiger partial charge in [0.05, 0.1) is 6.04 Å². The van der Waals surface area contributed by atoms with Gasteiger partial charge in [0.2, 0.25) is 0 Å². The summed E-state index contributed by atoms with van der Waals surface area (Å²) >= 11 is 5.83. The van der Waals surface area contributed by atoms with Gasteiger partial charge < -0.3 is 5.32 Å². The predicted octanol–water partition coefficient (Wildman–Crippen LogP) is 4.07. The van der Waals surface area contributed by atoms with Crippen LogP contribution in [0.2, 0.25) is 5.02 Å².